The summed E-state index contributed by atoms with van der Waals surface area (Å²) >= 11 is 0. The van der Waals surface area contributed by atoms with E-state index in [-0.39, 0.29) is 18.4 Å². The Morgan fingerprint density at radius 1 is 1.30 bits per heavy atom. The summed E-state index contributed by atoms with van der Waals surface area (Å²) in [5.74, 6) is -0.418. The lowest BCUT2D eigenvalue weighted by atomic mass is 9.89. The molecule has 5 heteroatoms. The first-order chi connectivity index (χ1) is 9.54. The van der Waals surface area contributed by atoms with Crippen molar-refractivity contribution in [3.63, 3.8) is 0 Å². The molecule has 0 aromatic heterocycles. The fourth-order valence-corrected chi connectivity index (χ4v) is 2.42. The Balaban J connectivity index is 1.76. The standard InChI is InChI=1S/C15H20N2O3/c1-2-8-15(20)10-17(11-15)13(18)9-16-14(19)12-6-4-3-5-7-12/h3-7,20H,2,8-11H2,1H3,(H,16,19). The van der Waals surface area contributed by atoms with E-state index in [0.717, 1.165) is 6.42 Å². The van der Waals surface area contributed by atoms with Crippen LogP contribution in [0.3, 0.4) is 0 Å². The van der Waals surface area contributed by atoms with E-state index in [1.54, 1.807) is 29.2 Å². The molecule has 0 saturated carbocycles. The SMILES string of the molecule is CCCC1(O)CN(C(=O)CNC(=O)c2ccccc2)C1. The summed E-state index contributed by atoms with van der Waals surface area (Å²) in [6.45, 7) is 2.69. The van der Waals surface area contributed by atoms with E-state index < -0.39 is 5.60 Å². The van der Waals surface area contributed by atoms with Gasteiger partial charge in [-0.2, -0.15) is 0 Å². The van der Waals surface area contributed by atoms with Gasteiger partial charge in [-0.15, -0.1) is 0 Å². The molecule has 2 rings (SSSR count). The molecule has 0 atom stereocenters. The van der Waals surface area contributed by atoms with Crippen LogP contribution in [-0.2, 0) is 4.79 Å². The predicted molar refractivity (Wildman–Crippen MR) is 75.2 cm³/mol. The summed E-state index contributed by atoms with van der Waals surface area (Å²) in [4.78, 5) is 25.2. The lowest BCUT2D eigenvalue weighted by Gasteiger charge is -2.46. The van der Waals surface area contributed by atoms with E-state index in [1.165, 1.54) is 0 Å². The van der Waals surface area contributed by atoms with E-state index >= 15 is 0 Å². The molecule has 0 bridgehead atoms. The average molecular weight is 276 g/mol. The highest BCUT2D eigenvalue weighted by atomic mass is 16.3. The fraction of sp³-hybridized carbons (Fsp3) is 0.467. The number of likely N-dealkylation sites (tertiary alicyclic amines) is 1. The molecule has 1 aliphatic rings. The Hall–Kier alpha value is -1.88. The van der Waals surface area contributed by atoms with Gasteiger partial charge >= 0.3 is 0 Å². The number of hydrogen-bond acceptors (Lipinski definition) is 3. The van der Waals surface area contributed by atoms with Crippen LogP contribution in [0.15, 0.2) is 30.3 Å². The van der Waals surface area contributed by atoms with Gasteiger partial charge < -0.3 is 15.3 Å². The molecule has 0 unspecified atom stereocenters. The number of β-amino-alcohol motifs (C(OH)–C–C–N with tert-alkyl or cyclic N) is 1. The first kappa shape index (κ1) is 14.5. The molecule has 0 spiro atoms. The lowest BCUT2D eigenvalue weighted by molar-refractivity contribution is -0.155. The average Bonchev–Trinajstić information content (AvgIpc) is 2.43. The van der Waals surface area contributed by atoms with Gasteiger partial charge in [0.05, 0.1) is 25.2 Å². The quantitative estimate of drug-likeness (QED) is 0.835. The van der Waals surface area contributed by atoms with E-state index in [9.17, 15) is 14.7 Å². The highest BCUT2D eigenvalue weighted by molar-refractivity contribution is 5.96. The molecular weight excluding hydrogens is 256 g/mol. The normalized spacial score (nSPS) is 16.4. The van der Waals surface area contributed by atoms with Crippen molar-refractivity contribution in [2.45, 2.75) is 25.4 Å². The molecule has 2 amide bonds. The van der Waals surface area contributed by atoms with Crippen LogP contribution in [-0.4, -0.2) is 47.1 Å². The maximum absolute atomic E-state index is 11.9. The molecule has 2 N–H and O–H groups in total. The Labute approximate surface area is 118 Å². The predicted octanol–water partition coefficient (Wildman–Crippen LogP) is 0.790. The van der Waals surface area contributed by atoms with Gasteiger partial charge in [0.15, 0.2) is 0 Å². The zero-order valence-electron chi connectivity index (χ0n) is 11.6. The molecule has 108 valence electrons. The van der Waals surface area contributed by atoms with E-state index in [0.29, 0.717) is 25.1 Å². The smallest absolute Gasteiger partial charge is 0.251 e. The Bertz CT molecular complexity index is 481. The maximum atomic E-state index is 11.9. The molecule has 1 aromatic rings. The van der Waals surface area contributed by atoms with E-state index in [2.05, 4.69) is 5.32 Å². The van der Waals surface area contributed by atoms with Crippen LogP contribution in [0.2, 0.25) is 0 Å². The van der Waals surface area contributed by atoms with Crippen molar-refractivity contribution < 1.29 is 14.7 Å². The number of aliphatic hydroxyl groups is 1. The molecule has 0 aliphatic carbocycles. The lowest BCUT2D eigenvalue weighted by Crippen LogP contribution is -2.64. The summed E-state index contributed by atoms with van der Waals surface area (Å²) in [5, 5.41) is 12.6. The minimum Gasteiger partial charge on any atom is -0.386 e. The van der Waals surface area contributed by atoms with Crippen LogP contribution in [0.1, 0.15) is 30.1 Å². The zero-order valence-corrected chi connectivity index (χ0v) is 11.6. The van der Waals surface area contributed by atoms with Crippen molar-refractivity contribution in [1.29, 1.82) is 0 Å². The Kier molecular flexibility index (Phi) is 4.39. The monoisotopic (exact) mass is 276 g/mol. The van der Waals surface area contributed by atoms with Crippen molar-refractivity contribution >= 4 is 11.8 Å². The summed E-state index contributed by atoms with van der Waals surface area (Å²) in [6, 6.07) is 8.78. The molecule has 1 aromatic carbocycles. The molecule has 20 heavy (non-hydrogen) atoms. The van der Waals surface area contributed by atoms with Gasteiger partial charge in [0.1, 0.15) is 0 Å². The number of amides is 2. The van der Waals surface area contributed by atoms with Crippen molar-refractivity contribution in [3.8, 4) is 0 Å². The first-order valence-electron chi connectivity index (χ1n) is 6.87. The number of carbonyl (C=O) groups is 2. The number of nitrogens with zero attached hydrogens (tertiary/aromatic N) is 1. The second-order valence-corrected chi connectivity index (χ2v) is 5.27. The molecule has 1 aliphatic heterocycles. The highest BCUT2D eigenvalue weighted by Crippen LogP contribution is 2.25. The molecule has 1 heterocycles. The summed E-state index contributed by atoms with van der Waals surface area (Å²) in [7, 11) is 0. The maximum Gasteiger partial charge on any atom is 0.251 e. The molecule has 1 fully saturated rings. The molecular formula is C15H20N2O3. The summed E-state index contributed by atoms with van der Waals surface area (Å²) < 4.78 is 0. The van der Waals surface area contributed by atoms with Crippen molar-refractivity contribution in [3.05, 3.63) is 35.9 Å². The summed E-state index contributed by atoms with van der Waals surface area (Å²) in [5.41, 5.74) is -0.195. The first-order valence-corrected chi connectivity index (χ1v) is 6.87. The molecule has 1 saturated heterocycles. The zero-order chi connectivity index (χ0) is 14.6. The van der Waals surface area contributed by atoms with Crippen LogP contribution in [0.5, 0.6) is 0 Å². The largest absolute Gasteiger partial charge is 0.386 e. The van der Waals surface area contributed by atoms with Crippen LogP contribution in [0, 0.1) is 0 Å². The van der Waals surface area contributed by atoms with Gasteiger partial charge in [-0.25, -0.2) is 0 Å². The Morgan fingerprint density at radius 3 is 2.55 bits per heavy atom. The third-order valence-corrected chi connectivity index (χ3v) is 3.47. The molecule has 5 nitrogen and oxygen atoms in total. The van der Waals surface area contributed by atoms with Crippen LogP contribution < -0.4 is 5.32 Å². The number of benzene rings is 1. The van der Waals surface area contributed by atoms with Crippen molar-refractivity contribution in [2.24, 2.45) is 0 Å². The second-order valence-electron chi connectivity index (χ2n) is 5.27. The van der Waals surface area contributed by atoms with Crippen LogP contribution >= 0.6 is 0 Å². The van der Waals surface area contributed by atoms with Gasteiger partial charge in [0.2, 0.25) is 5.91 Å². The van der Waals surface area contributed by atoms with Gasteiger partial charge in [-0.3, -0.25) is 9.59 Å². The van der Waals surface area contributed by atoms with E-state index in [4.69, 9.17) is 0 Å². The van der Waals surface area contributed by atoms with Crippen molar-refractivity contribution in [2.75, 3.05) is 19.6 Å². The highest BCUT2D eigenvalue weighted by Gasteiger charge is 2.42. The topological polar surface area (TPSA) is 69.6 Å². The van der Waals surface area contributed by atoms with Crippen LogP contribution in [0.4, 0.5) is 0 Å². The van der Waals surface area contributed by atoms with Crippen molar-refractivity contribution in [1.82, 2.24) is 10.2 Å². The third-order valence-electron chi connectivity index (χ3n) is 3.47. The third kappa shape index (κ3) is 3.36. The fourth-order valence-electron chi connectivity index (χ4n) is 2.42. The minimum absolute atomic E-state index is 0.0318. The van der Waals surface area contributed by atoms with Crippen LogP contribution in [0.25, 0.3) is 0 Å². The number of carbonyl (C=O) groups excluding carboxylic acids is 2. The number of rotatable bonds is 5. The van der Waals surface area contributed by atoms with Gasteiger partial charge in [-0.05, 0) is 18.6 Å². The molecule has 0 radical (unpaired) electrons. The van der Waals surface area contributed by atoms with Gasteiger partial charge in [-0.1, -0.05) is 31.5 Å². The Morgan fingerprint density at radius 2 is 1.95 bits per heavy atom. The second kappa shape index (κ2) is 6.05. The number of nitrogens with one attached hydrogen (secondary N) is 1. The van der Waals surface area contributed by atoms with Gasteiger partial charge in [0.25, 0.3) is 5.91 Å². The van der Waals surface area contributed by atoms with E-state index in [1.807, 2.05) is 13.0 Å². The number of hydrogen-bond donors (Lipinski definition) is 2. The summed E-state index contributed by atoms with van der Waals surface area (Å²) in [6.07, 6.45) is 1.59. The van der Waals surface area contributed by atoms with Gasteiger partial charge in [0, 0.05) is 5.56 Å². The minimum atomic E-state index is -0.728.